The predicted octanol–water partition coefficient (Wildman–Crippen LogP) is 37.7. The number of benzene rings is 20. The summed E-state index contributed by atoms with van der Waals surface area (Å²) in [7, 11) is 0. The van der Waals surface area contributed by atoms with Gasteiger partial charge in [0.2, 0.25) is 0 Å². The van der Waals surface area contributed by atoms with Gasteiger partial charge in [-0.1, -0.05) is 422 Å². The van der Waals surface area contributed by atoms with Crippen molar-refractivity contribution in [2.24, 2.45) is 0 Å². The van der Waals surface area contributed by atoms with Gasteiger partial charge in [0.1, 0.15) is 0 Å². The highest BCUT2D eigenvalue weighted by Crippen LogP contribution is 2.53. The highest BCUT2D eigenvalue weighted by Gasteiger charge is 2.31. The first-order valence-electron chi connectivity index (χ1n) is 46.4. The van der Waals surface area contributed by atoms with Crippen molar-refractivity contribution >= 4 is 140 Å². The van der Waals surface area contributed by atoms with E-state index in [2.05, 4.69) is 505 Å². The molecule has 0 bridgehead atoms. The Morgan fingerprint density at radius 1 is 0.205 bits per heavy atom. The summed E-state index contributed by atoms with van der Waals surface area (Å²) in [5, 5.41) is 14.9. The third-order valence-electron chi connectivity index (χ3n) is 27.4. The Morgan fingerprint density at radius 3 is 1.04 bits per heavy atom. The van der Waals surface area contributed by atoms with Crippen LogP contribution in [-0.4, -0.2) is 0 Å². The second kappa shape index (κ2) is 33.1. The van der Waals surface area contributed by atoms with E-state index in [-0.39, 0.29) is 21.7 Å². The number of anilines is 6. The first kappa shape index (κ1) is 83.1. The second-order valence-corrected chi connectivity index (χ2v) is 41.8. The van der Waals surface area contributed by atoms with Crippen molar-refractivity contribution in [2.45, 2.75) is 104 Å². The van der Waals surface area contributed by atoms with Crippen LogP contribution in [0.5, 0.6) is 0 Å². The Hall–Kier alpha value is -14.5. The van der Waals surface area contributed by atoms with Crippen molar-refractivity contribution in [3.63, 3.8) is 0 Å². The van der Waals surface area contributed by atoms with E-state index >= 15 is 0 Å². The van der Waals surface area contributed by atoms with Gasteiger partial charge < -0.3 is 9.80 Å². The molecule has 22 rings (SSSR count). The molecule has 22 aromatic rings. The molecular formula is C128H104N2S2. The Balaban J connectivity index is 0.631. The number of hydrogen-bond donors (Lipinski definition) is 0. The lowest BCUT2D eigenvalue weighted by atomic mass is 9.74. The van der Waals surface area contributed by atoms with Gasteiger partial charge in [0.15, 0.2) is 0 Å². The summed E-state index contributed by atoms with van der Waals surface area (Å²) in [5.41, 5.74) is 31.6. The molecule has 0 spiro atoms. The minimum atomic E-state index is -0.293. The van der Waals surface area contributed by atoms with Gasteiger partial charge in [-0.25, -0.2) is 0 Å². The zero-order chi connectivity index (χ0) is 89.9. The van der Waals surface area contributed by atoms with Gasteiger partial charge in [0, 0.05) is 74.2 Å². The fourth-order valence-corrected chi connectivity index (χ4v) is 23.0. The van der Waals surface area contributed by atoms with E-state index in [0.29, 0.717) is 0 Å². The van der Waals surface area contributed by atoms with Crippen LogP contribution in [-0.2, 0) is 28.1 Å². The molecular weight excluding hydrogens is 1630 g/mol. The number of fused-ring (bicyclic) bond motifs is 10. The minimum Gasteiger partial charge on any atom is -0.310 e. The Labute approximate surface area is 783 Å². The Morgan fingerprint density at radius 2 is 0.545 bits per heavy atom. The van der Waals surface area contributed by atoms with Gasteiger partial charge in [-0.05, 0) is 250 Å². The highest BCUT2D eigenvalue weighted by atomic mass is 32.1. The van der Waals surface area contributed by atoms with Crippen LogP contribution in [0.4, 0.5) is 34.1 Å². The fourth-order valence-electron chi connectivity index (χ4n) is 20.5. The van der Waals surface area contributed by atoms with Crippen LogP contribution in [0.25, 0.3) is 172 Å². The van der Waals surface area contributed by atoms with Crippen LogP contribution in [0, 0.1) is 0 Å². The summed E-state index contributed by atoms with van der Waals surface area (Å²) in [6, 6.07) is 158. The molecule has 20 aromatic carbocycles. The van der Waals surface area contributed by atoms with Crippen molar-refractivity contribution in [3.05, 3.63) is 446 Å². The zero-order valence-corrected chi connectivity index (χ0v) is 78.4. The molecule has 0 atom stereocenters. The summed E-state index contributed by atoms with van der Waals surface area (Å²) < 4.78 is 5.19. The maximum absolute atomic E-state index is 2.52. The first-order valence-corrected chi connectivity index (χ1v) is 48.1. The standard InChI is InChI=1S/C128H104N2S2/c1-125(2,3)93-72-91(73-94(79-93)126(4,5)6)105-53-26-35-85-37-29-58-114(121(85)105)110-48-15-19-62-118(110)130(100-45-24-41-90(78-100)108-56-32-60-116-112-50-17-21-64-120(112)132-124(108)116)99-44-22-39-88(76-99)103-52-30-42-87-71-82(65-70-104(87)103)81-128(10,11)96-75-92(74-95(80-96)127(7,8)9)106-54-27-36-86-38-28-57-113(122(86)106)109-47-14-18-61-117(109)129(97-68-66-84(67-69-97)102-51-25-34-83-33-12-13-46-101(83)102)98-43-23-40-89(77-98)107-55-31-59-115-111-49-16-20-63-119(111)131-123(107)115/h12-80H,81H2,1-11H3. The van der Waals surface area contributed by atoms with Crippen molar-refractivity contribution < 1.29 is 0 Å². The van der Waals surface area contributed by atoms with Gasteiger partial charge >= 0.3 is 0 Å². The summed E-state index contributed by atoms with van der Waals surface area (Å²) in [5.74, 6) is 0. The summed E-state index contributed by atoms with van der Waals surface area (Å²) in [6.45, 7) is 26.0. The molecule has 2 nitrogen and oxygen atoms in total. The van der Waals surface area contributed by atoms with Gasteiger partial charge in [0.25, 0.3) is 0 Å². The molecule has 0 fully saturated rings. The van der Waals surface area contributed by atoms with Crippen molar-refractivity contribution in [1.82, 2.24) is 0 Å². The van der Waals surface area contributed by atoms with Crippen LogP contribution < -0.4 is 9.80 Å². The number of thiophene rings is 2. The van der Waals surface area contributed by atoms with Crippen molar-refractivity contribution in [3.8, 4) is 89.0 Å². The van der Waals surface area contributed by atoms with Gasteiger partial charge in [0.05, 0.1) is 11.4 Å². The van der Waals surface area contributed by atoms with E-state index in [1.807, 2.05) is 22.7 Å². The number of nitrogens with zero attached hydrogens (tertiary/aromatic N) is 2. The molecule has 0 saturated carbocycles. The third kappa shape index (κ3) is 15.3. The van der Waals surface area contributed by atoms with Crippen LogP contribution in [0.2, 0.25) is 0 Å². The molecule has 0 N–H and O–H groups in total. The van der Waals surface area contributed by atoms with E-state index in [9.17, 15) is 0 Å². The maximum Gasteiger partial charge on any atom is 0.0540 e. The largest absolute Gasteiger partial charge is 0.310 e. The molecule has 2 heterocycles. The monoisotopic (exact) mass is 1730 g/mol. The van der Waals surface area contributed by atoms with Gasteiger partial charge in [-0.2, -0.15) is 0 Å². The van der Waals surface area contributed by atoms with Crippen LogP contribution in [0.3, 0.4) is 0 Å². The lowest BCUT2D eigenvalue weighted by molar-refractivity contribution is 0.518. The van der Waals surface area contributed by atoms with E-state index in [0.717, 1.165) is 57.2 Å². The average molecular weight is 1730 g/mol. The van der Waals surface area contributed by atoms with Crippen LogP contribution in [0.1, 0.15) is 104 Å². The summed E-state index contributed by atoms with van der Waals surface area (Å²) >= 11 is 3.76. The normalized spacial score (nSPS) is 12.2. The van der Waals surface area contributed by atoms with Gasteiger partial charge in [-0.3, -0.25) is 0 Å². The summed E-state index contributed by atoms with van der Waals surface area (Å²) in [4.78, 5) is 5.01. The SMILES string of the molecule is CC(C)(C)c1cc(-c2cccc3cccc(-c4ccccc4N(c4cccc(-c5cccc6cc(CC(C)(C)c7cc(-c8cccc9cccc(-c%10ccccc%10N(c%10ccc(-c%11cccc%12ccccc%11%12)cc%10)c%10cccc(-c%11cccc%12c%11sc%11ccccc%11%12)c%10)c89)cc(C(C)(C)C)c7)ccc56)c4)c4cccc(-c5cccc6c5sc5ccccc56)c4)c23)cc(C(C)(C)C)c1. The first-order chi connectivity index (χ1) is 64.1. The van der Waals surface area contributed by atoms with Crippen LogP contribution in [0.15, 0.2) is 419 Å². The van der Waals surface area contributed by atoms with E-state index in [1.165, 1.54) is 184 Å². The number of hydrogen-bond acceptors (Lipinski definition) is 4. The predicted molar refractivity (Wildman–Crippen MR) is 574 cm³/mol. The molecule has 0 unspecified atom stereocenters. The topological polar surface area (TPSA) is 6.48 Å². The molecule has 2 aromatic heterocycles. The molecule has 0 aliphatic rings. The lowest BCUT2D eigenvalue weighted by Crippen LogP contribution is -2.22. The highest BCUT2D eigenvalue weighted by molar-refractivity contribution is 7.26. The van der Waals surface area contributed by atoms with E-state index in [4.69, 9.17) is 0 Å². The minimum absolute atomic E-state index is 0.0528. The number of rotatable bonds is 17. The molecule has 0 aliphatic carbocycles. The quantitative estimate of drug-likeness (QED) is 0.0896. The Bertz CT molecular complexity index is 8250. The molecule has 4 heteroatoms. The summed E-state index contributed by atoms with van der Waals surface area (Å²) in [6.07, 6.45) is 0.827. The molecule has 0 amide bonds. The second-order valence-electron chi connectivity index (χ2n) is 39.7. The average Bonchev–Trinajstić information content (AvgIpc) is 1.19. The van der Waals surface area contributed by atoms with Crippen molar-refractivity contribution in [2.75, 3.05) is 9.80 Å². The molecule has 0 aliphatic heterocycles. The lowest BCUT2D eigenvalue weighted by Gasteiger charge is -2.30. The van der Waals surface area contributed by atoms with E-state index in [1.54, 1.807) is 0 Å². The number of para-hydroxylation sites is 2. The van der Waals surface area contributed by atoms with Crippen molar-refractivity contribution in [1.29, 1.82) is 0 Å². The molecule has 638 valence electrons. The smallest absolute Gasteiger partial charge is 0.0540 e. The zero-order valence-electron chi connectivity index (χ0n) is 76.8. The molecule has 132 heavy (non-hydrogen) atoms. The fraction of sp³-hybridized carbons (Fsp3) is 0.125. The molecule has 0 radical (unpaired) electrons. The molecule has 0 saturated heterocycles. The Kier molecular flexibility index (Phi) is 20.9. The van der Waals surface area contributed by atoms with Gasteiger partial charge in [-0.15, -0.1) is 22.7 Å². The third-order valence-corrected chi connectivity index (χ3v) is 29.9. The van der Waals surface area contributed by atoms with Crippen LogP contribution >= 0.6 is 22.7 Å². The van der Waals surface area contributed by atoms with E-state index < -0.39 is 0 Å². The maximum atomic E-state index is 2.52.